The third kappa shape index (κ3) is 3.02. The molecule has 3 rings (SSSR count). The van der Waals surface area contributed by atoms with Gasteiger partial charge in [0, 0.05) is 11.0 Å². The van der Waals surface area contributed by atoms with Crippen LogP contribution in [-0.4, -0.2) is 31.1 Å². The van der Waals surface area contributed by atoms with E-state index in [4.69, 9.17) is 0 Å². The van der Waals surface area contributed by atoms with Gasteiger partial charge in [-0.05, 0) is 37.0 Å². The molecule has 2 bridgehead atoms. The predicted molar refractivity (Wildman–Crippen MR) is 89.1 cm³/mol. The molecule has 2 saturated carbocycles. The van der Waals surface area contributed by atoms with Gasteiger partial charge in [0.25, 0.3) is 0 Å². The minimum Gasteiger partial charge on any atom is -0.291 e. The molecule has 0 saturated heterocycles. The van der Waals surface area contributed by atoms with Crippen LogP contribution in [-0.2, 0) is 19.1 Å². The summed E-state index contributed by atoms with van der Waals surface area (Å²) >= 11 is 0. The van der Waals surface area contributed by atoms with E-state index in [9.17, 15) is 40.0 Å². The number of Topliss-reactive ketones (excluding diaryl/α,β-unsaturated/α-hetero) is 1. The summed E-state index contributed by atoms with van der Waals surface area (Å²) in [5, 5.41) is 0. The van der Waals surface area contributed by atoms with Crippen LogP contribution in [0.1, 0.15) is 37.0 Å². The minimum atomic E-state index is -6.10. The second-order valence-electron chi connectivity index (χ2n) is 7.51. The number of ketones is 2. The van der Waals surface area contributed by atoms with E-state index in [0.29, 0.717) is 6.08 Å². The Morgan fingerprint density at radius 2 is 1.76 bits per heavy atom. The average Bonchev–Trinajstić information content (AvgIpc) is 2.88. The molecule has 0 N–H and O–H groups in total. The summed E-state index contributed by atoms with van der Waals surface area (Å²) in [7, 11) is -6.10. The molecule has 2 atom stereocenters. The van der Waals surface area contributed by atoms with Gasteiger partial charge in [0.05, 0.1) is 5.56 Å². The number of alkyl halides is 3. The van der Waals surface area contributed by atoms with E-state index in [1.54, 1.807) is 0 Å². The Hall–Kier alpha value is -2.14. The van der Waals surface area contributed by atoms with E-state index < -0.39 is 61.3 Å². The van der Waals surface area contributed by atoms with Crippen LogP contribution in [0.4, 0.5) is 22.0 Å². The van der Waals surface area contributed by atoms with Gasteiger partial charge in [-0.25, -0.2) is 13.0 Å². The van der Waals surface area contributed by atoms with E-state index >= 15 is 0 Å². The van der Waals surface area contributed by atoms with Crippen LogP contribution in [0.25, 0.3) is 0 Å². The van der Waals surface area contributed by atoms with E-state index in [0.717, 1.165) is 18.2 Å². The molecule has 1 aromatic rings. The highest BCUT2D eigenvalue weighted by molar-refractivity contribution is 7.87. The van der Waals surface area contributed by atoms with Crippen molar-refractivity contribution in [3.8, 4) is 0 Å². The fraction of sp³-hybridized carbons (Fsp3) is 0.444. The topological polar surface area (TPSA) is 77.5 Å². The Morgan fingerprint density at radius 3 is 2.28 bits per heavy atom. The lowest BCUT2D eigenvalue weighted by Gasteiger charge is -2.34. The highest BCUT2D eigenvalue weighted by Gasteiger charge is 2.71. The molecule has 158 valence electrons. The summed E-state index contributed by atoms with van der Waals surface area (Å²) in [5.74, 6) is -5.48. The number of hydrogen-bond donors (Lipinski definition) is 0. The molecule has 2 aliphatic carbocycles. The van der Waals surface area contributed by atoms with Crippen LogP contribution in [0.3, 0.4) is 0 Å². The summed E-state index contributed by atoms with van der Waals surface area (Å²) < 4.78 is 93.7. The standard InChI is InChI=1S/C18H15F5O5S/c1-16(2)10-6-7-17(16,28-29(26,27)18(21,22)23)15(25)9(10)8-13(24)14-11(19)4-3-5-12(14)20/h3-5,8,10H,6-7H2,1-2H3/b9-8-/t10-,17-/m0/s1. The molecule has 11 heteroatoms. The summed E-state index contributed by atoms with van der Waals surface area (Å²) in [6, 6.07) is 2.70. The fourth-order valence-corrected chi connectivity index (χ4v) is 5.03. The van der Waals surface area contributed by atoms with Crippen molar-refractivity contribution in [2.75, 3.05) is 0 Å². The Balaban J connectivity index is 2.07. The fourth-order valence-electron chi connectivity index (χ4n) is 4.19. The molecular weight excluding hydrogens is 423 g/mol. The highest BCUT2D eigenvalue weighted by Crippen LogP contribution is 2.63. The zero-order valence-corrected chi connectivity index (χ0v) is 16.0. The highest BCUT2D eigenvalue weighted by atomic mass is 32.2. The number of hydrogen-bond acceptors (Lipinski definition) is 5. The molecule has 29 heavy (non-hydrogen) atoms. The molecule has 2 aliphatic rings. The summed E-state index contributed by atoms with van der Waals surface area (Å²) in [6.45, 7) is 2.70. The molecule has 0 radical (unpaired) electrons. The number of halogens is 5. The van der Waals surface area contributed by atoms with Crippen molar-refractivity contribution in [1.29, 1.82) is 0 Å². The Bertz CT molecular complexity index is 1020. The Labute approximate surface area is 162 Å². The first-order valence-electron chi connectivity index (χ1n) is 8.42. The average molecular weight is 438 g/mol. The molecule has 0 unspecified atom stereocenters. The smallest absolute Gasteiger partial charge is 0.291 e. The second kappa shape index (κ2) is 6.43. The van der Waals surface area contributed by atoms with Crippen LogP contribution in [0.15, 0.2) is 29.8 Å². The molecule has 0 heterocycles. The first kappa shape index (κ1) is 21.6. The van der Waals surface area contributed by atoms with Crippen LogP contribution >= 0.6 is 0 Å². The van der Waals surface area contributed by atoms with E-state index in [2.05, 4.69) is 4.18 Å². The molecule has 1 aromatic carbocycles. The van der Waals surface area contributed by atoms with Gasteiger partial charge in [0.2, 0.25) is 0 Å². The molecule has 2 fully saturated rings. The SMILES string of the molecule is CC1(C)[C@H]2CC[C@]1(OS(=O)(=O)C(F)(F)F)C(=O)/C2=C\C(=O)c1c(F)cccc1F. The van der Waals surface area contributed by atoms with Gasteiger partial charge >= 0.3 is 15.6 Å². The second-order valence-corrected chi connectivity index (χ2v) is 9.05. The van der Waals surface area contributed by atoms with E-state index in [1.165, 1.54) is 13.8 Å². The van der Waals surface area contributed by atoms with Crippen molar-refractivity contribution < 1.29 is 44.1 Å². The molecule has 0 aromatic heterocycles. The molecule has 0 amide bonds. The zero-order chi connectivity index (χ0) is 22.0. The van der Waals surface area contributed by atoms with Gasteiger partial charge in [-0.1, -0.05) is 19.9 Å². The van der Waals surface area contributed by atoms with Crippen molar-refractivity contribution in [3.63, 3.8) is 0 Å². The number of benzene rings is 1. The predicted octanol–water partition coefficient (Wildman–Crippen LogP) is 3.70. The van der Waals surface area contributed by atoms with E-state index in [-0.39, 0.29) is 18.4 Å². The van der Waals surface area contributed by atoms with Gasteiger partial charge in [0.15, 0.2) is 17.2 Å². The number of rotatable bonds is 4. The molecular formula is C18H15F5O5S. The van der Waals surface area contributed by atoms with Gasteiger partial charge in [-0.3, -0.25) is 9.59 Å². The summed E-state index contributed by atoms with van der Waals surface area (Å²) in [4.78, 5) is 25.3. The Kier molecular flexibility index (Phi) is 4.78. The normalized spacial score (nSPS) is 27.6. The Morgan fingerprint density at radius 1 is 1.21 bits per heavy atom. The minimum absolute atomic E-state index is 0.0605. The largest absolute Gasteiger partial charge is 0.523 e. The zero-order valence-electron chi connectivity index (χ0n) is 15.1. The first-order valence-corrected chi connectivity index (χ1v) is 9.83. The lowest BCUT2D eigenvalue weighted by atomic mass is 9.78. The summed E-state index contributed by atoms with van der Waals surface area (Å²) in [5.41, 5.74) is -10.7. The lowest BCUT2D eigenvalue weighted by molar-refractivity contribution is -0.136. The van der Waals surface area contributed by atoms with Gasteiger partial charge in [-0.15, -0.1) is 0 Å². The third-order valence-corrected chi connectivity index (χ3v) is 6.80. The molecule has 5 nitrogen and oxygen atoms in total. The molecule has 0 aliphatic heterocycles. The van der Waals surface area contributed by atoms with Crippen LogP contribution < -0.4 is 0 Å². The quantitative estimate of drug-likeness (QED) is 0.236. The van der Waals surface area contributed by atoms with Crippen molar-refractivity contribution in [2.24, 2.45) is 11.3 Å². The van der Waals surface area contributed by atoms with E-state index in [1.807, 2.05) is 0 Å². The van der Waals surface area contributed by atoms with Crippen molar-refractivity contribution in [3.05, 3.63) is 47.0 Å². The van der Waals surface area contributed by atoms with Crippen LogP contribution in [0, 0.1) is 23.0 Å². The van der Waals surface area contributed by atoms with Crippen LogP contribution in [0.2, 0.25) is 0 Å². The van der Waals surface area contributed by atoms with Crippen molar-refractivity contribution in [2.45, 2.75) is 37.8 Å². The monoisotopic (exact) mass is 438 g/mol. The third-order valence-electron chi connectivity index (χ3n) is 5.73. The maximum absolute atomic E-state index is 13.8. The number of carbonyl (C=O) groups excluding carboxylic acids is 2. The van der Waals surface area contributed by atoms with Gasteiger partial charge in [0.1, 0.15) is 11.6 Å². The van der Waals surface area contributed by atoms with Crippen molar-refractivity contribution >= 4 is 21.7 Å². The van der Waals surface area contributed by atoms with Crippen LogP contribution in [0.5, 0.6) is 0 Å². The number of carbonyl (C=O) groups is 2. The maximum atomic E-state index is 13.8. The van der Waals surface area contributed by atoms with Gasteiger partial charge in [-0.2, -0.15) is 21.6 Å². The maximum Gasteiger partial charge on any atom is 0.523 e. The first-order chi connectivity index (χ1) is 13.2. The lowest BCUT2D eigenvalue weighted by Crippen LogP contribution is -2.49. The van der Waals surface area contributed by atoms with Crippen molar-refractivity contribution in [1.82, 2.24) is 0 Å². The molecule has 0 spiro atoms. The van der Waals surface area contributed by atoms with Gasteiger partial charge < -0.3 is 0 Å². The number of fused-ring (bicyclic) bond motifs is 2. The number of allylic oxidation sites excluding steroid dienone is 1. The summed E-state index contributed by atoms with van der Waals surface area (Å²) in [6.07, 6.45) is 0.407.